The molecule has 6 heterocycles. The molecule has 0 radical (unpaired) electrons. The summed E-state index contributed by atoms with van der Waals surface area (Å²) in [4.78, 5) is 39.5. The number of likely N-dealkylation sites (tertiary alicyclic amines) is 1. The van der Waals surface area contributed by atoms with E-state index < -0.39 is 17.5 Å². The third-order valence-corrected chi connectivity index (χ3v) is 10.6. The summed E-state index contributed by atoms with van der Waals surface area (Å²) in [5.41, 5.74) is 0.907. The fraction of sp³-hybridized carbons (Fsp3) is 0.368. The largest absolute Gasteiger partial charge is 0.461 e. The molecule has 3 aromatic heterocycles. The lowest BCUT2D eigenvalue weighted by Gasteiger charge is -2.33. The van der Waals surface area contributed by atoms with E-state index in [0.29, 0.717) is 64.7 Å². The number of amides is 1. The van der Waals surface area contributed by atoms with Crippen LogP contribution in [0.15, 0.2) is 60.9 Å². The standard InChI is InChI=1S/C38H37ClF2N8O2/c1-23-42-15-13-26(44-23)11-12-31(50)48-16-4-8-27(21-48)45-36-29-19-43-34(28-9-2-6-24-7-3-10-30(39)32(24)28)33(41)35(29)46-37(47-36)51-22-38-14-5-17-49(38)20-25(40)18-38/h2-3,6-7,9-13,15,19,25,27H,4-5,8,14,16-18,20-22H2,1H3,(H,45,46,47)/b12-11+/t25-,27-,38+/m1/s1. The number of carbonyl (C=O) groups excluding carboxylic acids is 1. The van der Waals surface area contributed by atoms with E-state index in [1.807, 2.05) is 24.3 Å². The molecule has 1 amide bonds. The van der Waals surface area contributed by atoms with Gasteiger partial charge in [0.25, 0.3) is 0 Å². The van der Waals surface area contributed by atoms with E-state index >= 15 is 4.39 Å². The predicted octanol–water partition coefficient (Wildman–Crippen LogP) is 6.81. The number of ether oxygens (including phenoxy) is 1. The van der Waals surface area contributed by atoms with Crippen LogP contribution in [0.25, 0.3) is 39.0 Å². The molecular weight excluding hydrogens is 674 g/mol. The fourth-order valence-corrected chi connectivity index (χ4v) is 8.14. The molecule has 3 aliphatic rings. The Morgan fingerprint density at radius 2 is 1.96 bits per heavy atom. The summed E-state index contributed by atoms with van der Waals surface area (Å²) in [6, 6.07) is 12.6. The van der Waals surface area contributed by atoms with Crippen LogP contribution < -0.4 is 10.1 Å². The minimum Gasteiger partial charge on any atom is -0.461 e. The Labute approximate surface area is 298 Å². The molecule has 1 N–H and O–H groups in total. The van der Waals surface area contributed by atoms with Gasteiger partial charge in [-0.2, -0.15) is 9.97 Å². The van der Waals surface area contributed by atoms with Crippen LogP contribution in [0.5, 0.6) is 6.01 Å². The average molecular weight is 711 g/mol. The third-order valence-electron chi connectivity index (χ3n) is 10.3. The van der Waals surface area contributed by atoms with Crippen LogP contribution in [0.1, 0.15) is 43.6 Å². The van der Waals surface area contributed by atoms with Crippen molar-refractivity contribution in [1.29, 1.82) is 0 Å². The van der Waals surface area contributed by atoms with E-state index in [4.69, 9.17) is 21.3 Å². The lowest BCUT2D eigenvalue weighted by atomic mass is 9.95. The molecule has 0 saturated carbocycles. The van der Waals surface area contributed by atoms with Gasteiger partial charge in [0.05, 0.1) is 16.6 Å². The number of fused-ring (bicyclic) bond motifs is 3. The maximum absolute atomic E-state index is 16.8. The van der Waals surface area contributed by atoms with E-state index in [-0.39, 0.29) is 35.8 Å². The zero-order valence-corrected chi connectivity index (χ0v) is 28.9. The van der Waals surface area contributed by atoms with Crippen LogP contribution >= 0.6 is 11.6 Å². The van der Waals surface area contributed by atoms with Gasteiger partial charge in [-0.25, -0.2) is 18.7 Å². The number of alkyl halides is 1. The van der Waals surface area contributed by atoms with Crippen LogP contribution in [0.2, 0.25) is 5.02 Å². The van der Waals surface area contributed by atoms with Gasteiger partial charge in [0.1, 0.15) is 35.6 Å². The molecular formula is C38H37ClF2N8O2. The maximum atomic E-state index is 16.8. The van der Waals surface area contributed by atoms with Crippen molar-refractivity contribution in [2.45, 2.75) is 56.8 Å². The zero-order chi connectivity index (χ0) is 35.1. The monoisotopic (exact) mass is 710 g/mol. The number of pyridine rings is 1. The van der Waals surface area contributed by atoms with Gasteiger partial charge in [-0.1, -0.05) is 41.9 Å². The van der Waals surface area contributed by atoms with Gasteiger partial charge < -0.3 is 15.0 Å². The van der Waals surface area contributed by atoms with Crippen LogP contribution in [0.3, 0.4) is 0 Å². The Kier molecular flexibility index (Phi) is 8.97. The molecule has 10 nitrogen and oxygen atoms in total. The zero-order valence-electron chi connectivity index (χ0n) is 28.2. The van der Waals surface area contributed by atoms with Gasteiger partial charge >= 0.3 is 6.01 Å². The van der Waals surface area contributed by atoms with Crippen molar-refractivity contribution < 1.29 is 18.3 Å². The highest BCUT2D eigenvalue weighted by molar-refractivity contribution is 6.36. The molecule has 3 atom stereocenters. The Morgan fingerprint density at radius 3 is 2.82 bits per heavy atom. The molecule has 51 heavy (non-hydrogen) atoms. The second kappa shape index (κ2) is 13.7. The molecule has 0 spiro atoms. The van der Waals surface area contributed by atoms with Gasteiger partial charge in [0.2, 0.25) is 5.91 Å². The quantitative estimate of drug-likeness (QED) is 0.174. The first-order valence-electron chi connectivity index (χ1n) is 17.4. The Bertz CT molecular complexity index is 2160. The lowest BCUT2D eigenvalue weighted by molar-refractivity contribution is -0.126. The van der Waals surface area contributed by atoms with E-state index in [9.17, 15) is 9.18 Å². The minimum atomic E-state index is -0.917. The topological polar surface area (TPSA) is 109 Å². The van der Waals surface area contributed by atoms with Crippen molar-refractivity contribution in [3.8, 4) is 17.3 Å². The van der Waals surface area contributed by atoms with Gasteiger partial charge in [0, 0.05) is 66.5 Å². The third kappa shape index (κ3) is 6.58. The second-order valence-corrected chi connectivity index (χ2v) is 14.1. The van der Waals surface area contributed by atoms with Crippen molar-refractivity contribution in [2.75, 3.05) is 38.1 Å². The molecule has 0 unspecified atom stereocenters. The number of nitrogens with zero attached hydrogens (tertiary/aromatic N) is 7. The Hall–Kier alpha value is -4.81. The van der Waals surface area contributed by atoms with Crippen LogP contribution in [-0.4, -0.2) is 91.2 Å². The molecule has 8 rings (SSSR count). The van der Waals surface area contributed by atoms with Gasteiger partial charge in [-0.15, -0.1) is 0 Å². The highest BCUT2D eigenvalue weighted by atomic mass is 35.5. The summed E-state index contributed by atoms with van der Waals surface area (Å²) in [6.07, 6.45) is 9.19. The number of carbonyl (C=O) groups is 1. The fourth-order valence-electron chi connectivity index (χ4n) is 7.86. The molecule has 2 aromatic carbocycles. The van der Waals surface area contributed by atoms with Crippen molar-refractivity contribution in [2.24, 2.45) is 0 Å². The number of anilines is 1. The first kappa shape index (κ1) is 33.3. The molecule has 5 aromatic rings. The summed E-state index contributed by atoms with van der Waals surface area (Å²) >= 11 is 6.62. The van der Waals surface area contributed by atoms with Gasteiger partial charge in [0.15, 0.2) is 5.82 Å². The summed E-state index contributed by atoms with van der Waals surface area (Å²) in [5.74, 6) is 0.210. The van der Waals surface area contributed by atoms with E-state index in [1.165, 1.54) is 6.08 Å². The van der Waals surface area contributed by atoms with Crippen LogP contribution in [-0.2, 0) is 4.79 Å². The molecule has 3 aliphatic heterocycles. The molecule has 3 fully saturated rings. The van der Waals surface area contributed by atoms with Crippen LogP contribution in [0, 0.1) is 12.7 Å². The molecule has 0 bridgehead atoms. The number of nitrogens with one attached hydrogen (secondary N) is 1. The SMILES string of the molecule is Cc1nccc(/C=C/C(=O)N2CCC[C@@H](Nc3nc(OC[C@@]45CCCN4C[C@H](F)C5)nc4c(F)c(-c5cccc6cccc(Cl)c56)ncc34)C2)n1. The van der Waals surface area contributed by atoms with Gasteiger partial charge in [-0.05, 0) is 62.7 Å². The normalized spacial score (nSPS) is 22.2. The number of hydrogen-bond acceptors (Lipinski definition) is 9. The Morgan fingerprint density at radius 1 is 1.10 bits per heavy atom. The van der Waals surface area contributed by atoms with Crippen molar-refractivity contribution in [1.82, 2.24) is 34.7 Å². The summed E-state index contributed by atoms with van der Waals surface area (Å²) < 4.78 is 37.6. The highest BCUT2D eigenvalue weighted by Crippen LogP contribution is 2.41. The summed E-state index contributed by atoms with van der Waals surface area (Å²) in [5, 5.41) is 5.88. The maximum Gasteiger partial charge on any atom is 0.319 e. The van der Waals surface area contributed by atoms with Crippen molar-refractivity contribution in [3.63, 3.8) is 0 Å². The number of rotatable bonds is 8. The van der Waals surface area contributed by atoms with E-state index in [2.05, 4.69) is 30.2 Å². The molecule has 0 aliphatic carbocycles. The number of halogens is 3. The van der Waals surface area contributed by atoms with Gasteiger partial charge in [-0.3, -0.25) is 14.7 Å². The smallest absolute Gasteiger partial charge is 0.319 e. The number of benzene rings is 2. The van der Waals surface area contributed by atoms with Crippen molar-refractivity contribution in [3.05, 3.63) is 83.3 Å². The Balaban J connectivity index is 1.12. The predicted molar refractivity (Wildman–Crippen MR) is 193 cm³/mol. The lowest BCUT2D eigenvalue weighted by Crippen LogP contribution is -2.44. The number of aromatic nitrogens is 5. The van der Waals surface area contributed by atoms with E-state index in [0.717, 1.165) is 37.6 Å². The first-order valence-corrected chi connectivity index (χ1v) is 17.7. The molecule has 262 valence electrons. The minimum absolute atomic E-state index is 0.00708. The highest BCUT2D eigenvalue weighted by Gasteiger charge is 2.49. The van der Waals surface area contributed by atoms with Crippen LogP contribution in [0.4, 0.5) is 14.6 Å². The first-order chi connectivity index (χ1) is 24.8. The number of hydrogen-bond donors (Lipinski definition) is 1. The van der Waals surface area contributed by atoms with Crippen molar-refractivity contribution >= 4 is 51.1 Å². The van der Waals surface area contributed by atoms with E-state index in [1.54, 1.807) is 48.5 Å². The molecule has 3 saturated heterocycles. The average Bonchev–Trinajstić information content (AvgIpc) is 3.66. The number of aryl methyl sites for hydroxylation is 1. The molecule has 13 heteroatoms. The summed E-state index contributed by atoms with van der Waals surface area (Å²) in [7, 11) is 0. The summed E-state index contributed by atoms with van der Waals surface area (Å²) in [6.45, 7) is 4.21. The number of piperidine rings is 1. The second-order valence-electron chi connectivity index (χ2n) is 13.7.